The van der Waals surface area contributed by atoms with Gasteiger partial charge >= 0.3 is 0 Å². The van der Waals surface area contributed by atoms with Crippen LogP contribution in [0.15, 0.2) is 36.9 Å². The maximum Gasteiger partial charge on any atom is 0.172 e. The summed E-state index contributed by atoms with van der Waals surface area (Å²) in [6.45, 7) is 4.31. The minimum atomic E-state index is 0.197. The van der Waals surface area contributed by atoms with Crippen molar-refractivity contribution in [2.75, 3.05) is 7.11 Å². The van der Waals surface area contributed by atoms with E-state index in [9.17, 15) is 4.79 Å². The normalized spacial score (nSPS) is 10.1. The van der Waals surface area contributed by atoms with Crippen LogP contribution in [0.4, 0.5) is 0 Å². The van der Waals surface area contributed by atoms with E-state index >= 15 is 0 Å². The Kier molecular flexibility index (Phi) is 4.49. The molecule has 0 aliphatic rings. The zero-order valence-electron chi connectivity index (χ0n) is 11.2. The van der Waals surface area contributed by atoms with Gasteiger partial charge in [0.15, 0.2) is 12.0 Å². The molecule has 0 saturated heterocycles. The van der Waals surface area contributed by atoms with Gasteiger partial charge in [0, 0.05) is 6.07 Å². The molecule has 104 valence electrons. The summed E-state index contributed by atoms with van der Waals surface area (Å²) in [6, 6.07) is 7.23. The number of hydrogen-bond acceptors (Lipinski definition) is 5. The number of carbonyl (C=O) groups is 1. The zero-order valence-corrected chi connectivity index (χ0v) is 11.2. The SMILES string of the molecule is C=CCn1nnc(C=O)c1COc1cccc(OC)c1. The van der Waals surface area contributed by atoms with Crippen LogP contribution in [-0.2, 0) is 13.2 Å². The molecule has 0 spiro atoms. The van der Waals surface area contributed by atoms with E-state index in [0.29, 0.717) is 30.0 Å². The molecule has 1 aromatic carbocycles. The molecule has 0 bridgehead atoms. The van der Waals surface area contributed by atoms with Gasteiger partial charge in [0.25, 0.3) is 0 Å². The van der Waals surface area contributed by atoms with E-state index < -0.39 is 0 Å². The number of hydrogen-bond donors (Lipinski definition) is 0. The lowest BCUT2D eigenvalue weighted by atomic mass is 10.3. The van der Waals surface area contributed by atoms with E-state index in [0.717, 1.165) is 0 Å². The molecular formula is C14H15N3O3. The van der Waals surface area contributed by atoms with E-state index in [1.54, 1.807) is 23.9 Å². The number of nitrogens with zero attached hydrogens (tertiary/aromatic N) is 3. The van der Waals surface area contributed by atoms with Gasteiger partial charge in [0.2, 0.25) is 0 Å². The van der Waals surface area contributed by atoms with Crippen LogP contribution in [0.2, 0.25) is 0 Å². The molecule has 0 aliphatic carbocycles. The second-order valence-electron chi connectivity index (χ2n) is 3.98. The monoisotopic (exact) mass is 273 g/mol. The molecule has 0 unspecified atom stereocenters. The summed E-state index contributed by atoms with van der Waals surface area (Å²) in [7, 11) is 1.59. The van der Waals surface area contributed by atoms with Gasteiger partial charge in [0.1, 0.15) is 23.8 Å². The molecule has 0 amide bonds. The highest BCUT2D eigenvalue weighted by Gasteiger charge is 2.12. The number of rotatable bonds is 7. The quantitative estimate of drug-likeness (QED) is 0.569. The first-order valence-electron chi connectivity index (χ1n) is 6.03. The summed E-state index contributed by atoms with van der Waals surface area (Å²) in [6.07, 6.45) is 2.34. The minimum Gasteiger partial charge on any atom is -0.497 e. The molecule has 2 aromatic rings. The van der Waals surface area contributed by atoms with Crippen LogP contribution >= 0.6 is 0 Å². The molecule has 1 heterocycles. The first-order valence-corrected chi connectivity index (χ1v) is 6.03. The molecular weight excluding hydrogens is 258 g/mol. The Hall–Kier alpha value is -2.63. The third kappa shape index (κ3) is 3.03. The van der Waals surface area contributed by atoms with Gasteiger partial charge in [-0.3, -0.25) is 4.79 Å². The Morgan fingerprint density at radius 3 is 2.90 bits per heavy atom. The van der Waals surface area contributed by atoms with Crippen LogP contribution in [0, 0.1) is 0 Å². The van der Waals surface area contributed by atoms with E-state index in [4.69, 9.17) is 9.47 Å². The van der Waals surface area contributed by atoms with Crippen LogP contribution in [-0.4, -0.2) is 28.4 Å². The Morgan fingerprint density at radius 1 is 1.40 bits per heavy atom. The minimum absolute atomic E-state index is 0.197. The van der Waals surface area contributed by atoms with E-state index in [2.05, 4.69) is 16.9 Å². The van der Waals surface area contributed by atoms with E-state index in [-0.39, 0.29) is 12.3 Å². The number of carbonyl (C=O) groups excluding carboxylic acids is 1. The topological polar surface area (TPSA) is 66.2 Å². The van der Waals surface area contributed by atoms with Crippen LogP contribution in [0.25, 0.3) is 0 Å². The van der Waals surface area contributed by atoms with Crippen LogP contribution in [0.3, 0.4) is 0 Å². The van der Waals surface area contributed by atoms with Gasteiger partial charge in [0.05, 0.1) is 13.7 Å². The lowest BCUT2D eigenvalue weighted by Crippen LogP contribution is -2.08. The third-order valence-electron chi connectivity index (χ3n) is 2.70. The largest absolute Gasteiger partial charge is 0.497 e. The first-order chi connectivity index (χ1) is 9.78. The number of allylic oxidation sites excluding steroid dienone is 1. The Bertz CT molecular complexity index is 607. The number of methoxy groups -OCH3 is 1. The van der Waals surface area contributed by atoms with Crippen molar-refractivity contribution in [3.63, 3.8) is 0 Å². The Morgan fingerprint density at radius 2 is 2.20 bits per heavy atom. The van der Waals surface area contributed by atoms with Gasteiger partial charge in [-0.05, 0) is 12.1 Å². The molecule has 2 rings (SSSR count). The molecule has 0 radical (unpaired) electrons. The fraction of sp³-hybridized carbons (Fsp3) is 0.214. The van der Waals surface area contributed by atoms with Crippen LogP contribution in [0.5, 0.6) is 11.5 Å². The van der Waals surface area contributed by atoms with Crippen LogP contribution < -0.4 is 9.47 Å². The second kappa shape index (κ2) is 6.51. The molecule has 0 saturated carbocycles. The standard InChI is InChI=1S/C14H15N3O3/c1-3-7-17-14(13(9-18)15-16-17)10-20-12-6-4-5-11(8-12)19-2/h3-6,8-9H,1,7,10H2,2H3. The van der Waals surface area contributed by atoms with Crippen molar-refractivity contribution < 1.29 is 14.3 Å². The van der Waals surface area contributed by atoms with E-state index in [1.165, 1.54) is 0 Å². The first kappa shape index (κ1) is 13.8. The van der Waals surface area contributed by atoms with Crippen LogP contribution in [0.1, 0.15) is 16.2 Å². The van der Waals surface area contributed by atoms with Gasteiger partial charge in [-0.2, -0.15) is 0 Å². The molecule has 0 aliphatic heterocycles. The lowest BCUT2D eigenvalue weighted by Gasteiger charge is -2.08. The van der Waals surface area contributed by atoms with Crippen molar-refractivity contribution in [2.24, 2.45) is 0 Å². The van der Waals surface area contributed by atoms with Crippen molar-refractivity contribution in [3.8, 4) is 11.5 Å². The molecule has 6 nitrogen and oxygen atoms in total. The lowest BCUT2D eigenvalue weighted by molar-refractivity contribution is 0.111. The molecule has 6 heteroatoms. The van der Waals surface area contributed by atoms with Gasteiger partial charge in [-0.1, -0.05) is 17.4 Å². The average Bonchev–Trinajstić information content (AvgIpc) is 2.88. The Labute approximate surface area is 116 Å². The van der Waals surface area contributed by atoms with Crippen molar-refractivity contribution >= 4 is 6.29 Å². The highest BCUT2D eigenvalue weighted by atomic mass is 16.5. The summed E-state index contributed by atoms with van der Waals surface area (Å²) < 4.78 is 12.3. The third-order valence-corrected chi connectivity index (χ3v) is 2.70. The fourth-order valence-electron chi connectivity index (χ4n) is 1.70. The maximum atomic E-state index is 10.9. The molecule has 0 N–H and O–H groups in total. The molecule has 0 fully saturated rings. The van der Waals surface area contributed by atoms with Gasteiger partial charge in [-0.25, -0.2) is 4.68 Å². The average molecular weight is 273 g/mol. The highest BCUT2D eigenvalue weighted by molar-refractivity contribution is 5.73. The smallest absolute Gasteiger partial charge is 0.172 e. The fourth-order valence-corrected chi connectivity index (χ4v) is 1.70. The van der Waals surface area contributed by atoms with Crippen molar-refractivity contribution in [3.05, 3.63) is 48.3 Å². The molecule has 20 heavy (non-hydrogen) atoms. The molecule has 0 atom stereocenters. The highest BCUT2D eigenvalue weighted by Crippen LogP contribution is 2.20. The van der Waals surface area contributed by atoms with Gasteiger partial charge < -0.3 is 9.47 Å². The summed E-state index contributed by atoms with van der Waals surface area (Å²) in [4.78, 5) is 10.9. The van der Waals surface area contributed by atoms with Crippen molar-refractivity contribution in [2.45, 2.75) is 13.2 Å². The number of ether oxygens (including phenoxy) is 2. The van der Waals surface area contributed by atoms with Crippen molar-refractivity contribution in [1.29, 1.82) is 0 Å². The summed E-state index contributed by atoms with van der Waals surface area (Å²) >= 11 is 0. The zero-order chi connectivity index (χ0) is 14.4. The van der Waals surface area contributed by atoms with E-state index in [1.807, 2.05) is 18.2 Å². The summed E-state index contributed by atoms with van der Waals surface area (Å²) in [5.74, 6) is 1.35. The number of benzene rings is 1. The predicted molar refractivity (Wildman–Crippen MR) is 72.9 cm³/mol. The molecule has 1 aromatic heterocycles. The number of aromatic nitrogens is 3. The van der Waals surface area contributed by atoms with Crippen molar-refractivity contribution in [1.82, 2.24) is 15.0 Å². The Balaban J connectivity index is 2.14. The van der Waals surface area contributed by atoms with Gasteiger partial charge in [-0.15, -0.1) is 11.7 Å². The summed E-state index contributed by atoms with van der Waals surface area (Å²) in [5.41, 5.74) is 0.887. The maximum absolute atomic E-state index is 10.9. The summed E-state index contributed by atoms with van der Waals surface area (Å²) in [5, 5.41) is 7.67. The number of aldehydes is 1. The second-order valence-corrected chi connectivity index (χ2v) is 3.98. The predicted octanol–water partition coefficient (Wildman–Crippen LogP) is 1.86.